The van der Waals surface area contributed by atoms with Crippen LogP contribution >= 0.6 is 0 Å². The Bertz CT molecular complexity index is 1670. The van der Waals surface area contributed by atoms with Crippen LogP contribution < -0.4 is 11.2 Å². The fourth-order valence-corrected chi connectivity index (χ4v) is 5.82. The molecule has 0 amide bonds. The van der Waals surface area contributed by atoms with Crippen molar-refractivity contribution in [3.05, 3.63) is 104 Å². The highest BCUT2D eigenvalue weighted by Crippen LogP contribution is 2.29. The summed E-state index contributed by atoms with van der Waals surface area (Å²) in [5.41, 5.74) is 4.66. The fraction of sp³-hybridized carbons (Fsp3) is 0.345. The van der Waals surface area contributed by atoms with E-state index in [-0.39, 0.29) is 6.04 Å². The van der Waals surface area contributed by atoms with Gasteiger partial charge in [-0.05, 0) is 25.0 Å². The normalized spacial score (nSPS) is 15.3. The SMILES string of the molecule is Cc1c(C)n2c3c(=O)[nH]c(=O)n(C)c3nc2n1CCN1CCN(C(c2ccccc2)c2ccccc2)CC1. The number of nitrogens with zero attached hydrogens (tertiary/aromatic N) is 6. The van der Waals surface area contributed by atoms with E-state index in [0.717, 1.165) is 50.7 Å². The maximum atomic E-state index is 12.6. The van der Waals surface area contributed by atoms with Crippen LogP contribution in [0, 0.1) is 13.8 Å². The van der Waals surface area contributed by atoms with E-state index in [1.807, 2.05) is 11.3 Å². The lowest BCUT2D eigenvalue weighted by molar-refractivity contribution is 0.107. The second kappa shape index (κ2) is 9.74. The third-order valence-electron chi connectivity index (χ3n) is 8.05. The van der Waals surface area contributed by atoms with Gasteiger partial charge in [0, 0.05) is 57.7 Å². The third-order valence-corrected chi connectivity index (χ3v) is 8.05. The molecule has 0 radical (unpaired) electrons. The van der Waals surface area contributed by atoms with Gasteiger partial charge in [-0.1, -0.05) is 60.7 Å². The van der Waals surface area contributed by atoms with Crippen molar-refractivity contribution in [3.8, 4) is 0 Å². The summed E-state index contributed by atoms with van der Waals surface area (Å²) in [5, 5.41) is 0. The summed E-state index contributed by atoms with van der Waals surface area (Å²) in [6.45, 7) is 9.64. The van der Waals surface area contributed by atoms with Gasteiger partial charge in [-0.2, -0.15) is 4.98 Å². The molecule has 1 aliphatic heterocycles. The molecule has 9 nitrogen and oxygen atoms in total. The molecule has 0 unspecified atom stereocenters. The molecular weight excluding hydrogens is 478 g/mol. The first kappa shape index (κ1) is 24.4. The van der Waals surface area contributed by atoms with Crippen molar-refractivity contribution in [2.75, 3.05) is 32.7 Å². The van der Waals surface area contributed by atoms with Crippen molar-refractivity contribution in [2.24, 2.45) is 7.05 Å². The van der Waals surface area contributed by atoms with Gasteiger partial charge in [0.25, 0.3) is 5.56 Å². The molecule has 0 aliphatic carbocycles. The largest absolute Gasteiger partial charge is 0.329 e. The minimum Gasteiger partial charge on any atom is -0.313 e. The second-order valence-corrected chi connectivity index (χ2v) is 10.2. The van der Waals surface area contributed by atoms with Crippen LogP contribution in [0.25, 0.3) is 16.9 Å². The van der Waals surface area contributed by atoms with Crippen molar-refractivity contribution >= 4 is 16.9 Å². The first-order chi connectivity index (χ1) is 18.4. The highest BCUT2D eigenvalue weighted by Gasteiger charge is 2.27. The number of aromatic nitrogens is 5. The van der Waals surface area contributed by atoms with Crippen LogP contribution in [0.3, 0.4) is 0 Å². The van der Waals surface area contributed by atoms with Gasteiger partial charge in [0.05, 0.1) is 6.04 Å². The molecule has 0 spiro atoms. The first-order valence-electron chi connectivity index (χ1n) is 13.2. The number of H-pyrrole nitrogens is 1. The Balaban J connectivity index is 1.21. The van der Waals surface area contributed by atoms with Crippen LogP contribution in [0.2, 0.25) is 0 Å². The van der Waals surface area contributed by atoms with Crippen molar-refractivity contribution in [3.63, 3.8) is 0 Å². The molecule has 1 fully saturated rings. The minimum atomic E-state index is -0.452. The Morgan fingerprint density at radius 3 is 2.05 bits per heavy atom. The van der Waals surface area contributed by atoms with E-state index in [2.05, 4.69) is 86.9 Å². The zero-order valence-electron chi connectivity index (χ0n) is 22.1. The Hall–Kier alpha value is -3.95. The topological polar surface area (TPSA) is 83.6 Å². The molecule has 1 saturated heterocycles. The van der Waals surface area contributed by atoms with E-state index < -0.39 is 11.2 Å². The predicted octanol–water partition coefficient (Wildman–Crippen LogP) is 2.70. The molecule has 3 aromatic heterocycles. The van der Waals surface area contributed by atoms with E-state index in [0.29, 0.717) is 16.9 Å². The average molecular weight is 512 g/mol. The van der Waals surface area contributed by atoms with E-state index >= 15 is 0 Å². The number of rotatable bonds is 6. The summed E-state index contributed by atoms with van der Waals surface area (Å²) in [4.78, 5) is 37.0. The minimum absolute atomic E-state index is 0.246. The van der Waals surface area contributed by atoms with Gasteiger partial charge in [0.2, 0.25) is 5.78 Å². The molecular formula is C29H33N7O2. The summed E-state index contributed by atoms with van der Waals surface area (Å²) in [5.74, 6) is 0.702. The monoisotopic (exact) mass is 511 g/mol. The molecule has 38 heavy (non-hydrogen) atoms. The Kier molecular flexibility index (Phi) is 6.25. The van der Waals surface area contributed by atoms with E-state index in [1.165, 1.54) is 15.7 Å². The number of fused-ring (bicyclic) bond motifs is 3. The van der Waals surface area contributed by atoms with Gasteiger partial charge in [0.15, 0.2) is 11.2 Å². The lowest BCUT2D eigenvalue weighted by Gasteiger charge is -2.40. The number of piperazine rings is 1. The number of benzene rings is 2. The summed E-state index contributed by atoms with van der Waals surface area (Å²) in [6.07, 6.45) is 0. The van der Waals surface area contributed by atoms with E-state index in [1.54, 1.807) is 7.05 Å². The zero-order valence-corrected chi connectivity index (χ0v) is 22.1. The lowest BCUT2D eigenvalue weighted by Crippen LogP contribution is -2.48. The molecule has 4 heterocycles. The van der Waals surface area contributed by atoms with Crippen molar-refractivity contribution in [1.29, 1.82) is 0 Å². The number of hydrogen-bond acceptors (Lipinski definition) is 5. The summed E-state index contributed by atoms with van der Waals surface area (Å²) >= 11 is 0. The van der Waals surface area contributed by atoms with Crippen LogP contribution in [-0.4, -0.2) is 66.0 Å². The van der Waals surface area contributed by atoms with Gasteiger partial charge < -0.3 is 4.57 Å². The molecule has 6 rings (SSSR count). The van der Waals surface area contributed by atoms with Crippen LogP contribution in [-0.2, 0) is 13.6 Å². The number of aryl methyl sites for hydroxylation is 2. The molecule has 1 aliphatic rings. The summed E-state index contributed by atoms with van der Waals surface area (Å²) in [6, 6.07) is 21.8. The first-order valence-corrected chi connectivity index (χ1v) is 13.2. The standard InChI is InChI=1S/C29H33N7O2/c1-20-21(2)36-25-26(32(3)29(38)31-27(25)37)30-28(36)35(20)19-16-33-14-17-34(18-15-33)24(22-10-6-4-7-11-22)23-12-8-5-9-13-23/h4-13,24H,14-19H2,1-3H3,(H,31,37,38). The van der Waals surface area contributed by atoms with Crippen LogP contribution in [0.4, 0.5) is 0 Å². The zero-order chi connectivity index (χ0) is 26.4. The number of aromatic amines is 1. The van der Waals surface area contributed by atoms with Crippen molar-refractivity contribution in [2.45, 2.75) is 26.4 Å². The summed E-state index contributed by atoms with van der Waals surface area (Å²) < 4.78 is 5.45. The second-order valence-electron chi connectivity index (χ2n) is 10.2. The average Bonchev–Trinajstić information content (AvgIpc) is 3.44. The van der Waals surface area contributed by atoms with Crippen LogP contribution in [0.15, 0.2) is 70.3 Å². The number of imidazole rings is 2. The molecule has 196 valence electrons. The van der Waals surface area contributed by atoms with Gasteiger partial charge in [-0.15, -0.1) is 0 Å². The molecule has 0 saturated carbocycles. The molecule has 9 heteroatoms. The highest BCUT2D eigenvalue weighted by atomic mass is 16.2. The summed E-state index contributed by atoms with van der Waals surface area (Å²) in [7, 11) is 1.64. The maximum absolute atomic E-state index is 12.6. The number of nitrogens with one attached hydrogen (secondary N) is 1. The highest BCUT2D eigenvalue weighted by molar-refractivity contribution is 5.76. The Morgan fingerprint density at radius 1 is 0.842 bits per heavy atom. The maximum Gasteiger partial charge on any atom is 0.329 e. The molecule has 5 aromatic rings. The van der Waals surface area contributed by atoms with Gasteiger partial charge >= 0.3 is 5.69 Å². The third kappa shape index (κ3) is 4.08. The fourth-order valence-electron chi connectivity index (χ4n) is 5.82. The van der Waals surface area contributed by atoms with Crippen molar-refractivity contribution in [1.82, 2.24) is 33.3 Å². The lowest BCUT2D eigenvalue weighted by atomic mass is 9.96. The smallest absolute Gasteiger partial charge is 0.313 e. The Labute approximate surface area is 220 Å². The predicted molar refractivity (Wildman–Crippen MR) is 149 cm³/mol. The molecule has 2 aromatic carbocycles. The number of hydrogen-bond donors (Lipinski definition) is 1. The van der Waals surface area contributed by atoms with Gasteiger partial charge in [0.1, 0.15) is 0 Å². The van der Waals surface area contributed by atoms with E-state index in [9.17, 15) is 9.59 Å². The molecule has 0 atom stereocenters. The van der Waals surface area contributed by atoms with Gasteiger partial charge in [-0.25, -0.2) is 4.79 Å². The molecule has 1 N–H and O–H groups in total. The Morgan fingerprint density at radius 2 is 1.45 bits per heavy atom. The van der Waals surface area contributed by atoms with Crippen LogP contribution in [0.5, 0.6) is 0 Å². The van der Waals surface area contributed by atoms with E-state index in [4.69, 9.17) is 4.98 Å². The van der Waals surface area contributed by atoms with Gasteiger partial charge in [-0.3, -0.25) is 28.5 Å². The van der Waals surface area contributed by atoms with Crippen molar-refractivity contribution < 1.29 is 0 Å². The van der Waals surface area contributed by atoms with Crippen LogP contribution in [0.1, 0.15) is 28.6 Å². The quantitative estimate of drug-likeness (QED) is 0.379. The molecule has 0 bridgehead atoms.